The number of aromatic nitrogens is 2. The molecule has 76 valence electrons. The van der Waals surface area contributed by atoms with E-state index in [0.717, 1.165) is 17.9 Å². The number of thioether (sulfide) groups is 1. The summed E-state index contributed by atoms with van der Waals surface area (Å²) < 4.78 is 0. The van der Waals surface area contributed by atoms with E-state index in [0.29, 0.717) is 0 Å². The van der Waals surface area contributed by atoms with E-state index in [9.17, 15) is 0 Å². The number of nitrogens with two attached hydrogens (primary N) is 1. The molecule has 4 N–H and O–H groups in total. The van der Waals surface area contributed by atoms with Crippen LogP contribution in [0.25, 0.3) is 0 Å². The average molecular weight is 330 g/mol. The second kappa shape index (κ2) is 8.58. The molecule has 0 aliphatic heterocycles. The number of nitrogens with one attached hydrogen (secondary N) is 2. The predicted molar refractivity (Wildman–Crippen MR) is 46.7 cm³/mol. The number of halogens is 2. The highest BCUT2D eigenvalue weighted by Gasteiger charge is 1.94. The number of hydrogen-bond acceptors (Lipinski definition) is 3. The Kier molecular flexibility index (Phi) is 10.2. The van der Waals surface area contributed by atoms with Gasteiger partial charge in [0, 0.05) is 17.6 Å². The molecule has 0 bridgehead atoms. The molecule has 1 aromatic rings. The zero-order valence-electron chi connectivity index (χ0n) is 6.76. The maximum Gasteiger partial charge on any atom is 0.151 e. The second-order valence-corrected chi connectivity index (χ2v) is 3.18. The Morgan fingerprint density at radius 3 is 2.77 bits per heavy atom. The Labute approximate surface area is 102 Å². The number of hydrogen-bond donors (Lipinski definition) is 3. The smallest absolute Gasteiger partial charge is 0.151 e. The van der Waals surface area contributed by atoms with E-state index in [2.05, 4.69) is 9.97 Å². The van der Waals surface area contributed by atoms with Crippen LogP contribution in [0.15, 0.2) is 12.5 Å². The van der Waals surface area contributed by atoms with Crippen LogP contribution < -0.4 is 39.7 Å². The fourth-order valence-corrected chi connectivity index (χ4v) is 1.23. The molecule has 0 amide bonds. The molecule has 0 spiro atoms. The molecule has 0 aliphatic carbocycles. The lowest BCUT2D eigenvalue weighted by Crippen LogP contribution is -3.00. The van der Waals surface area contributed by atoms with Crippen molar-refractivity contribution in [2.45, 2.75) is 6.42 Å². The summed E-state index contributed by atoms with van der Waals surface area (Å²) in [5, 5.41) is 7.11. The fourth-order valence-electron chi connectivity index (χ4n) is 0.692. The van der Waals surface area contributed by atoms with Crippen LogP contribution >= 0.6 is 11.8 Å². The summed E-state index contributed by atoms with van der Waals surface area (Å²) in [7, 11) is 0. The van der Waals surface area contributed by atoms with Crippen molar-refractivity contribution >= 4 is 16.9 Å². The fraction of sp³-hybridized carbons (Fsp3) is 0.333. The molecule has 0 saturated heterocycles. The van der Waals surface area contributed by atoms with Crippen molar-refractivity contribution in [3.05, 3.63) is 18.2 Å². The van der Waals surface area contributed by atoms with Crippen molar-refractivity contribution in [2.75, 3.05) is 5.75 Å². The van der Waals surface area contributed by atoms with E-state index in [4.69, 9.17) is 11.1 Å². The van der Waals surface area contributed by atoms with Gasteiger partial charge in [0.05, 0.1) is 6.33 Å². The molecule has 0 unspecified atom stereocenters. The van der Waals surface area contributed by atoms with Gasteiger partial charge in [0.2, 0.25) is 0 Å². The first kappa shape index (κ1) is 15.5. The van der Waals surface area contributed by atoms with Crippen LogP contribution in [0.4, 0.5) is 0 Å². The largest absolute Gasteiger partial charge is 1.00 e. The quantitative estimate of drug-likeness (QED) is 0.382. The van der Waals surface area contributed by atoms with Crippen molar-refractivity contribution < 1.29 is 34.0 Å². The molecule has 7 heteroatoms. The normalized spacial score (nSPS) is 8.31. The van der Waals surface area contributed by atoms with Gasteiger partial charge >= 0.3 is 0 Å². The lowest BCUT2D eigenvalue weighted by molar-refractivity contribution is -0.001000. The zero-order chi connectivity index (χ0) is 8.10. The Morgan fingerprint density at radius 1 is 1.62 bits per heavy atom. The molecule has 4 nitrogen and oxygen atoms in total. The van der Waals surface area contributed by atoms with Crippen LogP contribution in [0, 0.1) is 5.41 Å². The van der Waals surface area contributed by atoms with E-state index < -0.39 is 0 Å². The van der Waals surface area contributed by atoms with Gasteiger partial charge in [0.25, 0.3) is 0 Å². The molecule has 0 fully saturated rings. The topological polar surface area (TPSA) is 78.6 Å². The number of rotatable bonds is 3. The second-order valence-electron chi connectivity index (χ2n) is 2.04. The lowest BCUT2D eigenvalue weighted by Gasteiger charge is -1.95. The number of nitrogens with zero attached hydrogens (tertiary/aromatic N) is 1. The van der Waals surface area contributed by atoms with Crippen molar-refractivity contribution in [3.63, 3.8) is 0 Å². The average Bonchev–Trinajstić information content (AvgIpc) is 2.39. The summed E-state index contributed by atoms with van der Waals surface area (Å²) in [6.45, 7) is 0. The molecular formula is C6H10Br2N4S-2. The third-order valence-electron chi connectivity index (χ3n) is 1.18. The van der Waals surface area contributed by atoms with Crippen molar-refractivity contribution in [3.8, 4) is 0 Å². The summed E-state index contributed by atoms with van der Waals surface area (Å²) in [4.78, 5) is 6.85. The van der Waals surface area contributed by atoms with Gasteiger partial charge in [-0.2, -0.15) is 0 Å². The molecule has 0 aromatic carbocycles. The SMILES string of the molecule is N=C(N)SCCc1cnc[nH]1.[Br-].[Br-]. The molecule has 1 aromatic heterocycles. The maximum absolute atomic E-state index is 6.94. The van der Waals surface area contributed by atoms with E-state index >= 15 is 0 Å². The first-order valence-electron chi connectivity index (χ1n) is 3.23. The van der Waals surface area contributed by atoms with Gasteiger partial charge in [-0.1, -0.05) is 11.8 Å². The molecule has 0 radical (unpaired) electrons. The van der Waals surface area contributed by atoms with Crippen LogP contribution in [0.3, 0.4) is 0 Å². The summed E-state index contributed by atoms with van der Waals surface area (Å²) in [5.41, 5.74) is 6.23. The third kappa shape index (κ3) is 7.09. The molecule has 0 aliphatic rings. The first-order chi connectivity index (χ1) is 5.29. The minimum atomic E-state index is 0. The van der Waals surface area contributed by atoms with Crippen molar-refractivity contribution in [1.82, 2.24) is 9.97 Å². The van der Waals surface area contributed by atoms with Gasteiger partial charge in [0.1, 0.15) is 0 Å². The van der Waals surface area contributed by atoms with Gasteiger partial charge < -0.3 is 44.7 Å². The van der Waals surface area contributed by atoms with Gasteiger partial charge in [-0.15, -0.1) is 0 Å². The van der Waals surface area contributed by atoms with Crippen LogP contribution in [0.2, 0.25) is 0 Å². The monoisotopic (exact) mass is 328 g/mol. The Hall–Kier alpha value is -0.0100. The van der Waals surface area contributed by atoms with Crippen LogP contribution in [-0.4, -0.2) is 20.9 Å². The van der Waals surface area contributed by atoms with Gasteiger partial charge in [0.15, 0.2) is 5.17 Å². The van der Waals surface area contributed by atoms with Crippen molar-refractivity contribution in [1.29, 1.82) is 5.41 Å². The summed E-state index contributed by atoms with van der Waals surface area (Å²) in [6.07, 6.45) is 4.30. The molecule has 0 atom stereocenters. The number of imidazole rings is 1. The van der Waals surface area contributed by atoms with E-state index in [1.54, 1.807) is 12.5 Å². The van der Waals surface area contributed by atoms with E-state index in [-0.39, 0.29) is 39.1 Å². The lowest BCUT2D eigenvalue weighted by atomic mass is 10.4. The zero-order valence-corrected chi connectivity index (χ0v) is 10.7. The van der Waals surface area contributed by atoms with E-state index in [1.807, 2.05) is 0 Å². The highest BCUT2D eigenvalue weighted by molar-refractivity contribution is 8.13. The third-order valence-corrected chi connectivity index (χ3v) is 1.90. The minimum Gasteiger partial charge on any atom is -1.00 e. The van der Waals surface area contributed by atoms with Crippen molar-refractivity contribution in [2.24, 2.45) is 5.73 Å². The predicted octanol–water partition coefficient (Wildman–Crippen LogP) is -5.41. The number of aromatic amines is 1. The number of H-pyrrole nitrogens is 1. The minimum absolute atomic E-state index is 0. The number of aryl methyl sites for hydroxylation is 1. The molecule has 13 heavy (non-hydrogen) atoms. The number of amidine groups is 1. The highest BCUT2D eigenvalue weighted by Crippen LogP contribution is 2.02. The molecule has 1 heterocycles. The highest BCUT2D eigenvalue weighted by atomic mass is 79.9. The van der Waals surface area contributed by atoms with Gasteiger partial charge in [-0.25, -0.2) is 4.98 Å². The molecular weight excluding hydrogens is 320 g/mol. The standard InChI is InChI=1S/C6H10N4S.2BrH/c7-6(8)11-2-1-5-3-9-4-10-5;;/h3-4H,1-2H2,(H3,7,8)(H,9,10);2*1H/p-2. The summed E-state index contributed by atoms with van der Waals surface area (Å²) in [6, 6.07) is 0. The Morgan fingerprint density at radius 2 is 2.31 bits per heavy atom. The van der Waals surface area contributed by atoms with Crippen LogP contribution in [-0.2, 0) is 6.42 Å². The molecule has 1 rings (SSSR count). The maximum atomic E-state index is 6.94. The Bertz CT molecular complexity index is 227. The summed E-state index contributed by atoms with van der Waals surface area (Å²) in [5.74, 6) is 0.831. The summed E-state index contributed by atoms with van der Waals surface area (Å²) >= 11 is 1.34. The van der Waals surface area contributed by atoms with Crippen LogP contribution in [0.5, 0.6) is 0 Å². The first-order valence-corrected chi connectivity index (χ1v) is 4.21. The van der Waals surface area contributed by atoms with Gasteiger partial charge in [-0.05, 0) is 6.42 Å². The van der Waals surface area contributed by atoms with Crippen LogP contribution in [0.1, 0.15) is 5.69 Å². The van der Waals surface area contributed by atoms with Gasteiger partial charge in [-0.3, -0.25) is 5.41 Å². The molecule has 0 saturated carbocycles. The Balaban J connectivity index is 0. The van der Waals surface area contributed by atoms with E-state index in [1.165, 1.54) is 11.8 Å².